The van der Waals surface area contributed by atoms with Gasteiger partial charge in [0.25, 0.3) is 0 Å². The van der Waals surface area contributed by atoms with Crippen molar-refractivity contribution in [1.82, 2.24) is 0 Å². The van der Waals surface area contributed by atoms with Gasteiger partial charge in [-0.3, -0.25) is 0 Å². The Labute approximate surface area is 98.4 Å². The number of hydrogen-bond donors (Lipinski definition) is 1. The Morgan fingerprint density at radius 2 is 1.93 bits per heavy atom. The summed E-state index contributed by atoms with van der Waals surface area (Å²) < 4.78 is 13.2. The van der Waals surface area contributed by atoms with Gasteiger partial charge >= 0.3 is 0 Å². The molecule has 15 heavy (non-hydrogen) atoms. The molecule has 0 fully saturated rings. The van der Waals surface area contributed by atoms with Gasteiger partial charge in [0.1, 0.15) is 5.82 Å². The summed E-state index contributed by atoms with van der Waals surface area (Å²) >= 11 is 1.66. The fourth-order valence-electron chi connectivity index (χ4n) is 1.20. The highest BCUT2D eigenvalue weighted by molar-refractivity contribution is 7.09. The second-order valence-corrected chi connectivity index (χ2v) is 3.95. The van der Waals surface area contributed by atoms with E-state index in [9.17, 15) is 4.39 Å². The minimum absolute atomic E-state index is 0. The van der Waals surface area contributed by atoms with E-state index in [1.807, 2.05) is 23.6 Å². The molecule has 2 rings (SSSR count). The highest BCUT2D eigenvalue weighted by atomic mass is 35.5. The van der Waals surface area contributed by atoms with Gasteiger partial charge in [0, 0.05) is 11.4 Å². The van der Waals surface area contributed by atoms with Crippen LogP contribution in [0.3, 0.4) is 0 Å². The fourth-order valence-corrected chi connectivity index (χ4v) is 1.84. The van der Waals surface area contributed by atoms with Crippen molar-refractivity contribution in [3.05, 3.63) is 52.5 Å². The van der Waals surface area contributed by atoms with Crippen molar-refractivity contribution < 1.29 is 4.39 Å². The Morgan fingerprint density at radius 3 is 2.60 bits per heavy atom. The van der Waals surface area contributed by atoms with E-state index in [-0.39, 0.29) is 18.2 Å². The van der Waals surface area contributed by atoms with E-state index >= 15 is 0 Å². The predicted molar refractivity (Wildman–Crippen MR) is 65.3 cm³/mol. The molecule has 0 aliphatic rings. The Balaban J connectivity index is 0.00000112. The molecule has 0 radical (unpaired) electrons. The van der Waals surface area contributed by atoms with Crippen LogP contribution in [-0.4, -0.2) is 0 Å². The first-order valence-electron chi connectivity index (χ1n) is 4.37. The van der Waals surface area contributed by atoms with E-state index in [4.69, 9.17) is 0 Å². The minimum Gasteiger partial charge on any atom is -0.378 e. The molecule has 0 aliphatic carbocycles. The molecule has 1 aromatic carbocycles. The minimum atomic E-state index is -0.205. The number of halogens is 2. The number of anilines is 1. The maximum atomic E-state index is 13.2. The Morgan fingerprint density at radius 1 is 1.13 bits per heavy atom. The molecule has 0 saturated heterocycles. The lowest BCUT2D eigenvalue weighted by Gasteiger charge is -2.04. The lowest BCUT2D eigenvalue weighted by Crippen LogP contribution is -1.99. The van der Waals surface area contributed by atoms with E-state index in [1.54, 1.807) is 23.5 Å². The standard InChI is InChI=1S/C11H10FNS.ClH/c12-10-5-1-2-6-11(10)13-8-9-4-3-7-14-9;/h1-7,13H,8H2;1H. The largest absolute Gasteiger partial charge is 0.378 e. The molecule has 0 aliphatic heterocycles. The van der Waals surface area contributed by atoms with Gasteiger partial charge in [0.15, 0.2) is 0 Å². The van der Waals surface area contributed by atoms with Gasteiger partial charge in [0.2, 0.25) is 0 Å². The van der Waals surface area contributed by atoms with Crippen molar-refractivity contribution in [2.24, 2.45) is 0 Å². The zero-order valence-electron chi connectivity index (χ0n) is 7.94. The number of nitrogens with one attached hydrogen (secondary N) is 1. The summed E-state index contributed by atoms with van der Waals surface area (Å²) in [5, 5.41) is 5.06. The molecule has 1 aromatic heterocycles. The topological polar surface area (TPSA) is 12.0 Å². The molecule has 0 spiro atoms. The second kappa shape index (κ2) is 5.73. The Bertz CT molecular complexity index is 403. The van der Waals surface area contributed by atoms with E-state index in [1.165, 1.54) is 10.9 Å². The van der Waals surface area contributed by atoms with Crippen LogP contribution >= 0.6 is 23.7 Å². The number of hydrogen-bond acceptors (Lipinski definition) is 2. The van der Waals surface area contributed by atoms with Crippen molar-refractivity contribution in [1.29, 1.82) is 0 Å². The number of rotatable bonds is 3. The summed E-state index contributed by atoms with van der Waals surface area (Å²) in [5.74, 6) is -0.205. The van der Waals surface area contributed by atoms with Gasteiger partial charge in [-0.1, -0.05) is 18.2 Å². The average molecular weight is 244 g/mol. The zero-order valence-corrected chi connectivity index (χ0v) is 9.58. The van der Waals surface area contributed by atoms with Crippen LogP contribution in [-0.2, 0) is 6.54 Å². The quantitative estimate of drug-likeness (QED) is 0.862. The molecule has 2 aromatic rings. The normalized spacial score (nSPS) is 9.40. The maximum absolute atomic E-state index is 13.2. The van der Waals surface area contributed by atoms with Gasteiger partial charge in [-0.15, -0.1) is 23.7 Å². The molecule has 4 heteroatoms. The van der Waals surface area contributed by atoms with Gasteiger partial charge in [-0.25, -0.2) is 4.39 Å². The van der Waals surface area contributed by atoms with E-state index < -0.39 is 0 Å². The molecule has 1 N–H and O–H groups in total. The van der Waals surface area contributed by atoms with E-state index in [0.29, 0.717) is 12.2 Å². The van der Waals surface area contributed by atoms with Crippen LogP contribution in [0.1, 0.15) is 4.88 Å². The van der Waals surface area contributed by atoms with Crippen LogP contribution in [0.25, 0.3) is 0 Å². The number of para-hydroxylation sites is 1. The smallest absolute Gasteiger partial charge is 0.146 e. The molecule has 1 nitrogen and oxygen atoms in total. The zero-order chi connectivity index (χ0) is 9.80. The average Bonchev–Trinajstić information content (AvgIpc) is 2.69. The lowest BCUT2D eigenvalue weighted by molar-refractivity contribution is 0.630. The third kappa shape index (κ3) is 3.22. The molecule has 0 unspecified atom stereocenters. The van der Waals surface area contributed by atoms with Crippen LogP contribution in [0.5, 0.6) is 0 Å². The van der Waals surface area contributed by atoms with Crippen LogP contribution in [0.4, 0.5) is 10.1 Å². The van der Waals surface area contributed by atoms with Gasteiger partial charge < -0.3 is 5.32 Å². The monoisotopic (exact) mass is 243 g/mol. The van der Waals surface area contributed by atoms with Crippen molar-refractivity contribution >= 4 is 29.4 Å². The molecule has 80 valence electrons. The predicted octanol–water partition coefficient (Wildman–Crippen LogP) is 3.92. The van der Waals surface area contributed by atoms with Gasteiger partial charge in [0.05, 0.1) is 5.69 Å². The van der Waals surface area contributed by atoms with Crippen LogP contribution in [0.2, 0.25) is 0 Å². The molecule has 0 atom stereocenters. The van der Waals surface area contributed by atoms with Crippen molar-refractivity contribution in [2.45, 2.75) is 6.54 Å². The molecule has 1 heterocycles. The Hall–Kier alpha value is -1.06. The summed E-state index contributed by atoms with van der Waals surface area (Å²) in [4.78, 5) is 1.20. The first kappa shape index (κ1) is 12.0. The van der Waals surface area contributed by atoms with Crippen LogP contribution in [0, 0.1) is 5.82 Å². The van der Waals surface area contributed by atoms with Gasteiger partial charge in [-0.05, 0) is 23.6 Å². The maximum Gasteiger partial charge on any atom is 0.146 e. The summed E-state index contributed by atoms with van der Waals surface area (Å²) in [7, 11) is 0. The lowest BCUT2D eigenvalue weighted by atomic mass is 10.3. The SMILES string of the molecule is Cl.Fc1ccccc1NCc1cccs1. The highest BCUT2D eigenvalue weighted by Crippen LogP contribution is 2.15. The van der Waals surface area contributed by atoms with Crippen LogP contribution < -0.4 is 5.32 Å². The first-order chi connectivity index (χ1) is 6.86. The molecule has 0 saturated carbocycles. The van der Waals surface area contributed by atoms with Crippen LogP contribution in [0.15, 0.2) is 41.8 Å². The van der Waals surface area contributed by atoms with E-state index in [2.05, 4.69) is 5.32 Å². The number of thiophene rings is 1. The number of benzene rings is 1. The molecule has 0 bridgehead atoms. The third-order valence-corrected chi connectivity index (χ3v) is 2.78. The molecular formula is C11H11ClFNS. The van der Waals surface area contributed by atoms with Crippen molar-refractivity contribution in [3.63, 3.8) is 0 Å². The van der Waals surface area contributed by atoms with Crippen molar-refractivity contribution in [3.8, 4) is 0 Å². The molecule has 0 amide bonds. The van der Waals surface area contributed by atoms with E-state index in [0.717, 1.165) is 0 Å². The first-order valence-corrected chi connectivity index (χ1v) is 5.25. The fraction of sp³-hybridized carbons (Fsp3) is 0.0909. The second-order valence-electron chi connectivity index (χ2n) is 2.91. The van der Waals surface area contributed by atoms with Crippen molar-refractivity contribution in [2.75, 3.05) is 5.32 Å². The summed E-state index contributed by atoms with van der Waals surface area (Å²) in [6, 6.07) is 10.7. The summed E-state index contributed by atoms with van der Waals surface area (Å²) in [6.45, 7) is 0.679. The summed E-state index contributed by atoms with van der Waals surface area (Å²) in [6.07, 6.45) is 0. The van der Waals surface area contributed by atoms with Gasteiger partial charge in [-0.2, -0.15) is 0 Å². The third-order valence-electron chi connectivity index (χ3n) is 1.91. The summed E-state index contributed by atoms with van der Waals surface area (Å²) in [5.41, 5.74) is 0.556. The highest BCUT2D eigenvalue weighted by Gasteiger charge is 1.99. The molecular weight excluding hydrogens is 233 g/mol. The Kier molecular flexibility index (Phi) is 4.59.